The second kappa shape index (κ2) is 3.79. The fourth-order valence-corrected chi connectivity index (χ4v) is 1.15. The van der Waals surface area contributed by atoms with Crippen LogP contribution in [-0.4, -0.2) is 36.4 Å². The Morgan fingerprint density at radius 1 is 1.79 bits per heavy atom. The van der Waals surface area contributed by atoms with E-state index in [2.05, 4.69) is 9.47 Å². The molecule has 1 N–H and O–H groups in total. The molecule has 14 heavy (non-hydrogen) atoms. The SMILES string of the molecule is CC[C@]1(O)C=C(C(=O)OC)COC1=O. The Kier molecular flexibility index (Phi) is 2.90. The summed E-state index contributed by atoms with van der Waals surface area (Å²) in [5.74, 6) is -1.32. The van der Waals surface area contributed by atoms with E-state index in [0.29, 0.717) is 0 Å². The Labute approximate surface area is 81.3 Å². The molecule has 0 saturated carbocycles. The third-order valence-corrected chi connectivity index (χ3v) is 2.11. The summed E-state index contributed by atoms with van der Waals surface area (Å²) >= 11 is 0. The van der Waals surface area contributed by atoms with Gasteiger partial charge in [-0.05, 0) is 12.5 Å². The van der Waals surface area contributed by atoms with Crippen molar-refractivity contribution in [1.29, 1.82) is 0 Å². The monoisotopic (exact) mass is 200 g/mol. The molecule has 1 aliphatic heterocycles. The highest BCUT2D eigenvalue weighted by Gasteiger charge is 2.38. The van der Waals surface area contributed by atoms with Crippen LogP contribution >= 0.6 is 0 Å². The number of rotatable bonds is 2. The maximum atomic E-state index is 11.1. The summed E-state index contributed by atoms with van der Waals surface area (Å²) < 4.78 is 9.12. The van der Waals surface area contributed by atoms with Crippen LogP contribution in [0.1, 0.15) is 13.3 Å². The van der Waals surface area contributed by atoms with Crippen LogP contribution in [-0.2, 0) is 19.1 Å². The lowest BCUT2D eigenvalue weighted by atomic mass is 9.95. The third kappa shape index (κ3) is 1.77. The Morgan fingerprint density at radius 3 is 2.93 bits per heavy atom. The molecule has 5 heteroatoms. The van der Waals surface area contributed by atoms with Gasteiger partial charge in [-0.15, -0.1) is 0 Å². The van der Waals surface area contributed by atoms with Crippen molar-refractivity contribution in [3.05, 3.63) is 11.6 Å². The number of ether oxygens (including phenoxy) is 2. The van der Waals surface area contributed by atoms with Gasteiger partial charge >= 0.3 is 11.9 Å². The summed E-state index contributed by atoms with van der Waals surface area (Å²) in [6.45, 7) is 1.48. The Hall–Kier alpha value is -1.36. The minimum Gasteiger partial charge on any atom is -0.466 e. The first-order valence-electron chi connectivity index (χ1n) is 4.23. The van der Waals surface area contributed by atoms with Crippen molar-refractivity contribution in [2.75, 3.05) is 13.7 Å². The lowest BCUT2D eigenvalue weighted by molar-refractivity contribution is -0.162. The van der Waals surface area contributed by atoms with Crippen LogP contribution in [0.5, 0.6) is 0 Å². The molecule has 1 aliphatic rings. The molecule has 0 saturated heterocycles. The summed E-state index contributed by atoms with van der Waals surface area (Å²) in [7, 11) is 1.23. The average molecular weight is 200 g/mol. The maximum Gasteiger partial charge on any atom is 0.342 e. The van der Waals surface area contributed by atoms with Gasteiger partial charge in [-0.3, -0.25) is 0 Å². The van der Waals surface area contributed by atoms with Gasteiger partial charge in [0, 0.05) is 0 Å². The quantitative estimate of drug-likeness (QED) is 0.624. The molecular weight excluding hydrogens is 188 g/mol. The van der Waals surface area contributed by atoms with E-state index in [0.717, 1.165) is 0 Å². The molecule has 0 aliphatic carbocycles. The number of carbonyl (C=O) groups excluding carboxylic acids is 2. The Balaban J connectivity index is 2.96. The number of cyclic esters (lactones) is 1. The molecule has 0 spiro atoms. The van der Waals surface area contributed by atoms with Crippen molar-refractivity contribution in [3.63, 3.8) is 0 Å². The van der Waals surface area contributed by atoms with Gasteiger partial charge in [0.2, 0.25) is 0 Å². The van der Waals surface area contributed by atoms with E-state index in [4.69, 9.17) is 0 Å². The molecule has 78 valence electrons. The van der Waals surface area contributed by atoms with Gasteiger partial charge in [-0.25, -0.2) is 9.59 Å². The zero-order valence-corrected chi connectivity index (χ0v) is 8.07. The number of hydrogen-bond acceptors (Lipinski definition) is 5. The molecule has 0 amide bonds. The van der Waals surface area contributed by atoms with Crippen LogP contribution in [0, 0.1) is 0 Å². The highest BCUT2D eigenvalue weighted by Crippen LogP contribution is 2.22. The van der Waals surface area contributed by atoms with E-state index in [1.54, 1.807) is 6.92 Å². The summed E-state index contributed by atoms with van der Waals surface area (Å²) in [4.78, 5) is 22.2. The molecule has 0 bridgehead atoms. The van der Waals surface area contributed by atoms with Crippen molar-refractivity contribution < 1.29 is 24.2 Å². The summed E-state index contributed by atoms with van der Waals surface area (Å²) in [6, 6.07) is 0. The van der Waals surface area contributed by atoms with E-state index >= 15 is 0 Å². The standard InChI is InChI=1S/C9H12O5/c1-3-9(12)4-6(7(10)13-2)5-14-8(9)11/h4,12H,3,5H2,1-2H3/t9-/m0/s1. The van der Waals surface area contributed by atoms with Gasteiger partial charge in [-0.2, -0.15) is 0 Å². The van der Waals surface area contributed by atoms with Crippen molar-refractivity contribution in [2.45, 2.75) is 18.9 Å². The molecule has 0 aromatic rings. The molecule has 1 atom stereocenters. The van der Waals surface area contributed by atoms with Crippen LogP contribution in [0.3, 0.4) is 0 Å². The topological polar surface area (TPSA) is 72.8 Å². The molecule has 0 fully saturated rings. The summed E-state index contributed by atoms with van der Waals surface area (Å²) in [5.41, 5.74) is -1.53. The number of carbonyl (C=O) groups is 2. The summed E-state index contributed by atoms with van der Waals surface area (Å²) in [6.07, 6.45) is 1.36. The van der Waals surface area contributed by atoms with Gasteiger partial charge in [0.25, 0.3) is 0 Å². The van der Waals surface area contributed by atoms with E-state index in [1.807, 2.05) is 0 Å². The first-order chi connectivity index (χ1) is 6.53. The Morgan fingerprint density at radius 2 is 2.43 bits per heavy atom. The fourth-order valence-electron chi connectivity index (χ4n) is 1.15. The normalized spacial score (nSPS) is 26.5. The van der Waals surface area contributed by atoms with E-state index in [-0.39, 0.29) is 18.6 Å². The number of methoxy groups -OCH3 is 1. The predicted octanol–water partition coefficient (Wildman–Crippen LogP) is -0.216. The van der Waals surface area contributed by atoms with E-state index in [9.17, 15) is 14.7 Å². The van der Waals surface area contributed by atoms with Gasteiger partial charge in [-0.1, -0.05) is 6.92 Å². The largest absolute Gasteiger partial charge is 0.466 e. The van der Waals surface area contributed by atoms with E-state index in [1.165, 1.54) is 13.2 Å². The van der Waals surface area contributed by atoms with E-state index < -0.39 is 17.5 Å². The van der Waals surface area contributed by atoms with Gasteiger partial charge in [0.1, 0.15) is 6.61 Å². The van der Waals surface area contributed by atoms with Crippen LogP contribution in [0.4, 0.5) is 0 Å². The number of aliphatic hydroxyl groups is 1. The molecule has 1 rings (SSSR count). The Bertz CT molecular complexity index is 294. The maximum absolute atomic E-state index is 11.1. The molecule has 0 unspecified atom stereocenters. The third-order valence-electron chi connectivity index (χ3n) is 2.11. The predicted molar refractivity (Wildman–Crippen MR) is 46.3 cm³/mol. The van der Waals surface area contributed by atoms with Crippen LogP contribution < -0.4 is 0 Å². The minimum absolute atomic E-state index is 0.145. The highest BCUT2D eigenvalue weighted by atomic mass is 16.6. The second-order valence-electron chi connectivity index (χ2n) is 3.02. The zero-order chi connectivity index (χ0) is 10.8. The molecule has 1 heterocycles. The zero-order valence-electron chi connectivity index (χ0n) is 8.07. The second-order valence-corrected chi connectivity index (χ2v) is 3.02. The van der Waals surface area contributed by atoms with Crippen molar-refractivity contribution in [2.24, 2.45) is 0 Å². The molecule has 0 aromatic heterocycles. The molecule has 0 aromatic carbocycles. The lowest BCUT2D eigenvalue weighted by Crippen LogP contribution is -2.42. The van der Waals surface area contributed by atoms with Crippen molar-refractivity contribution in [3.8, 4) is 0 Å². The van der Waals surface area contributed by atoms with Crippen LogP contribution in [0.2, 0.25) is 0 Å². The summed E-state index contributed by atoms with van der Waals surface area (Å²) in [5, 5.41) is 9.70. The first-order valence-corrected chi connectivity index (χ1v) is 4.23. The number of esters is 2. The molecular formula is C9H12O5. The average Bonchev–Trinajstić information content (AvgIpc) is 2.21. The van der Waals surface area contributed by atoms with Gasteiger partial charge < -0.3 is 14.6 Å². The highest BCUT2D eigenvalue weighted by molar-refractivity contribution is 5.94. The van der Waals surface area contributed by atoms with Crippen molar-refractivity contribution >= 4 is 11.9 Å². The minimum atomic E-state index is -1.69. The molecule has 0 radical (unpaired) electrons. The van der Waals surface area contributed by atoms with Gasteiger partial charge in [0.05, 0.1) is 12.7 Å². The van der Waals surface area contributed by atoms with Crippen LogP contribution in [0.25, 0.3) is 0 Å². The fraction of sp³-hybridized carbons (Fsp3) is 0.556. The lowest BCUT2D eigenvalue weighted by Gasteiger charge is -2.26. The van der Waals surface area contributed by atoms with Crippen LogP contribution in [0.15, 0.2) is 11.6 Å². The number of hydrogen-bond donors (Lipinski definition) is 1. The smallest absolute Gasteiger partial charge is 0.342 e. The molecule has 5 nitrogen and oxygen atoms in total. The van der Waals surface area contributed by atoms with Crippen molar-refractivity contribution in [1.82, 2.24) is 0 Å². The van der Waals surface area contributed by atoms with Gasteiger partial charge in [0.15, 0.2) is 5.60 Å². The first kappa shape index (κ1) is 10.7.